The molecular weight excluding hydrogens is 865 g/mol. The predicted octanol–water partition coefficient (Wildman–Crippen LogP) is 18.2. The van der Waals surface area contributed by atoms with E-state index >= 15 is 0 Å². The summed E-state index contributed by atoms with van der Waals surface area (Å²) in [6, 6.07) is 55.5. The lowest BCUT2D eigenvalue weighted by atomic mass is 9.79. The average Bonchev–Trinajstić information content (AvgIpc) is 3.33. The molecule has 0 N–H and O–H groups in total. The molecule has 0 heterocycles. The zero-order chi connectivity index (χ0) is 50.5. The number of hydrogen-bond donors (Lipinski definition) is 0. The lowest BCUT2D eigenvalue weighted by Gasteiger charge is -2.25. The fourth-order valence-electron chi connectivity index (χ4n) is 10.5. The fraction of sp³-hybridized carbons (Fsp3) is 0.222. The molecule has 0 aliphatic heterocycles. The molecule has 0 spiro atoms. The average molecular weight is 933 g/mol. The van der Waals surface area contributed by atoms with Gasteiger partial charge in [-0.3, -0.25) is 0 Å². The molecule has 72 heavy (non-hydrogen) atoms. The summed E-state index contributed by atoms with van der Waals surface area (Å²) in [6.07, 6.45) is 18.2. The number of benzene rings is 8. The second-order valence-corrected chi connectivity index (χ2v) is 24.9. The van der Waals surface area contributed by atoms with Crippen molar-refractivity contribution in [1.29, 1.82) is 0 Å². The largest absolute Gasteiger partial charge is 0.0561 e. The van der Waals surface area contributed by atoms with Crippen molar-refractivity contribution in [3.63, 3.8) is 0 Å². The molecule has 8 aromatic carbocycles. The van der Waals surface area contributed by atoms with Gasteiger partial charge in [-0.1, -0.05) is 241 Å². The molecule has 0 amide bonds. The van der Waals surface area contributed by atoms with E-state index in [0.717, 1.165) is 0 Å². The highest BCUT2D eigenvalue weighted by Crippen LogP contribution is 2.33. The maximum Gasteiger partial charge on any atom is -0.00928 e. The Kier molecular flexibility index (Phi) is 11.2. The predicted molar refractivity (Wildman–Crippen MR) is 308 cm³/mol. The Morgan fingerprint density at radius 3 is 0.514 bits per heavy atom. The SMILES string of the molecule is CC(C)(C)c1cc(/C=C/c2ccc3c(c2)=c2cc(/C=C/c4ccc5c(c4)=c4cc(/C=C/c6ccc7c(c6)=c6cc(/C=C/c8cc(C(C)(C)C)cc(C(C)(C)C)c8)ccc6=7)ccc4=5)ccc2=3)cc(C(C)(C)C)c1. The zero-order valence-corrected chi connectivity index (χ0v) is 44.5. The normalized spacial score (nSPS) is 13.6. The molecule has 0 radical (unpaired) electrons. The van der Waals surface area contributed by atoms with Crippen LogP contribution in [-0.4, -0.2) is 0 Å². The fourth-order valence-corrected chi connectivity index (χ4v) is 10.5. The Bertz CT molecular complexity index is 3990. The van der Waals surface area contributed by atoms with Gasteiger partial charge in [-0.2, -0.15) is 0 Å². The van der Waals surface area contributed by atoms with Crippen LogP contribution in [0, 0.1) is 62.6 Å². The second kappa shape index (κ2) is 17.2. The summed E-state index contributed by atoms with van der Waals surface area (Å²) in [7, 11) is 0. The molecule has 8 aromatic rings. The van der Waals surface area contributed by atoms with Gasteiger partial charge in [0, 0.05) is 0 Å². The highest BCUT2D eigenvalue weighted by Gasteiger charge is 2.22. The molecule has 0 atom stereocenters. The molecule has 356 valence electrons. The summed E-state index contributed by atoms with van der Waals surface area (Å²) < 4.78 is 0. The lowest BCUT2D eigenvalue weighted by Crippen LogP contribution is -2.16. The van der Waals surface area contributed by atoms with Crippen LogP contribution in [0.15, 0.2) is 146 Å². The van der Waals surface area contributed by atoms with E-state index in [-0.39, 0.29) is 21.7 Å². The van der Waals surface area contributed by atoms with Gasteiger partial charge in [-0.05, 0) is 187 Å². The first kappa shape index (κ1) is 47.1. The van der Waals surface area contributed by atoms with Crippen molar-refractivity contribution < 1.29 is 0 Å². The first-order chi connectivity index (χ1) is 34.1. The molecule has 0 heteroatoms. The first-order valence-corrected chi connectivity index (χ1v) is 26.0. The van der Waals surface area contributed by atoms with Crippen molar-refractivity contribution in [1.82, 2.24) is 0 Å². The summed E-state index contributed by atoms with van der Waals surface area (Å²) in [5.74, 6) is 0. The first-order valence-electron chi connectivity index (χ1n) is 26.0. The van der Waals surface area contributed by atoms with Crippen LogP contribution in [0.25, 0.3) is 48.6 Å². The Morgan fingerprint density at radius 1 is 0.181 bits per heavy atom. The van der Waals surface area contributed by atoms with Crippen molar-refractivity contribution in [2.75, 3.05) is 0 Å². The van der Waals surface area contributed by atoms with Crippen LogP contribution < -0.4 is 0 Å². The smallest absolute Gasteiger partial charge is 0.00928 e. The Hall–Kier alpha value is -7.28. The molecule has 0 unspecified atom stereocenters. The minimum atomic E-state index is 0.0915. The molecular formula is C72H68. The minimum absolute atomic E-state index is 0.0915. The number of hydrogen-bond acceptors (Lipinski definition) is 0. The van der Waals surface area contributed by atoms with Gasteiger partial charge in [0.15, 0.2) is 0 Å². The van der Waals surface area contributed by atoms with Crippen molar-refractivity contribution in [2.24, 2.45) is 0 Å². The van der Waals surface area contributed by atoms with E-state index in [2.05, 4.69) is 277 Å². The molecule has 0 nitrogen and oxygen atoms in total. The van der Waals surface area contributed by atoms with Gasteiger partial charge in [-0.15, -0.1) is 0 Å². The van der Waals surface area contributed by atoms with Crippen molar-refractivity contribution in [3.8, 4) is 0 Å². The van der Waals surface area contributed by atoms with E-state index in [1.807, 2.05) is 0 Å². The van der Waals surface area contributed by atoms with Gasteiger partial charge in [0.05, 0.1) is 0 Å². The summed E-state index contributed by atoms with van der Waals surface area (Å²) in [4.78, 5) is 0. The van der Waals surface area contributed by atoms with Gasteiger partial charge in [-0.25, -0.2) is 0 Å². The van der Waals surface area contributed by atoms with Crippen molar-refractivity contribution in [3.05, 3.63) is 275 Å². The van der Waals surface area contributed by atoms with Gasteiger partial charge < -0.3 is 0 Å². The summed E-state index contributed by atoms with van der Waals surface area (Å²) in [5.41, 5.74) is 15.7. The molecule has 0 bridgehead atoms. The second-order valence-electron chi connectivity index (χ2n) is 24.9. The van der Waals surface area contributed by atoms with E-state index < -0.39 is 0 Å². The van der Waals surface area contributed by atoms with Crippen LogP contribution in [0.4, 0.5) is 0 Å². The topological polar surface area (TPSA) is 0 Å². The molecule has 3 aliphatic rings. The molecule has 3 aliphatic carbocycles. The van der Waals surface area contributed by atoms with Gasteiger partial charge >= 0.3 is 0 Å². The molecule has 0 saturated carbocycles. The molecule has 11 rings (SSSR count). The minimum Gasteiger partial charge on any atom is -0.0561 e. The van der Waals surface area contributed by atoms with E-state index in [9.17, 15) is 0 Å². The maximum atomic E-state index is 2.39. The monoisotopic (exact) mass is 933 g/mol. The molecule has 0 saturated heterocycles. The molecule has 0 aromatic heterocycles. The zero-order valence-electron chi connectivity index (χ0n) is 44.5. The summed E-state index contributed by atoms with van der Waals surface area (Å²) in [6.45, 7) is 27.6. The van der Waals surface area contributed by atoms with E-state index in [4.69, 9.17) is 0 Å². The van der Waals surface area contributed by atoms with Crippen molar-refractivity contribution in [2.45, 2.75) is 105 Å². The Balaban J connectivity index is 0.816. The van der Waals surface area contributed by atoms with Crippen LogP contribution in [0.2, 0.25) is 0 Å². The third-order valence-electron chi connectivity index (χ3n) is 15.3. The standard InChI is InChI=1S/C72H68/c1-69(2,3)53-33-51(34-54(43-53)70(4,5)6)19-17-49-25-31-61-59-29-23-47(39-65(59)67(61)41-49)15-13-45-21-27-57-58-28-22-46(38-64(58)63(57)37-45)14-16-48-24-30-60-62-32-26-50(42-68(62)66(60)40-48)18-20-52-35-55(71(7,8)9)44-56(36-52)72(10,11)12/h13-44H,1-12H3/b15-13+,16-14+,19-17+,20-18+. The van der Waals surface area contributed by atoms with Crippen LogP contribution >= 0.6 is 0 Å². The Labute approximate surface area is 426 Å². The van der Waals surface area contributed by atoms with Crippen LogP contribution in [-0.2, 0) is 21.7 Å². The summed E-state index contributed by atoms with van der Waals surface area (Å²) >= 11 is 0. The number of fused-ring (bicyclic) bond motifs is 6. The van der Waals surface area contributed by atoms with E-state index in [1.165, 1.54) is 129 Å². The van der Waals surface area contributed by atoms with Gasteiger partial charge in [0.1, 0.15) is 0 Å². The number of rotatable bonds is 8. The summed E-state index contributed by atoms with van der Waals surface area (Å²) in [5, 5.41) is 16.0. The van der Waals surface area contributed by atoms with E-state index in [0.29, 0.717) is 0 Å². The molecule has 0 fully saturated rings. The maximum absolute atomic E-state index is 2.39. The van der Waals surface area contributed by atoms with Gasteiger partial charge in [0.25, 0.3) is 0 Å². The quantitative estimate of drug-likeness (QED) is 0.133. The van der Waals surface area contributed by atoms with Gasteiger partial charge in [0.2, 0.25) is 0 Å². The van der Waals surface area contributed by atoms with Crippen LogP contribution in [0.1, 0.15) is 150 Å². The van der Waals surface area contributed by atoms with Crippen LogP contribution in [0.5, 0.6) is 0 Å². The third-order valence-corrected chi connectivity index (χ3v) is 15.3. The van der Waals surface area contributed by atoms with Crippen LogP contribution in [0.3, 0.4) is 0 Å². The highest BCUT2D eigenvalue weighted by molar-refractivity contribution is 5.74. The lowest BCUT2D eigenvalue weighted by molar-refractivity contribution is 0.568. The third kappa shape index (κ3) is 9.02. The highest BCUT2D eigenvalue weighted by atomic mass is 14.3. The Morgan fingerprint density at radius 2 is 0.347 bits per heavy atom. The van der Waals surface area contributed by atoms with E-state index in [1.54, 1.807) is 0 Å². The van der Waals surface area contributed by atoms with Crippen molar-refractivity contribution >= 4 is 48.6 Å².